The highest BCUT2D eigenvalue weighted by Gasteiger charge is 2.34. The second-order valence-corrected chi connectivity index (χ2v) is 8.58. The molecular weight excluding hydrogens is 319 g/mol. The minimum absolute atomic E-state index is 0.0268. The van der Waals surface area contributed by atoms with Crippen molar-refractivity contribution in [1.82, 2.24) is 5.32 Å². The Balaban J connectivity index is 1.50. The first-order chi connectivity index (χ1) is 10.9. The van der Waals surface area contributed by atoms with Crippen LogP contribution in [-0.4, -0.2) is 45.0 Å². The van der Waals surface area contributed by atoms with Crippen LogP contribution in [0, 0.1) is 11.7 Å². The van der Waals surface area contributed by atoms with Crippen molar-refractivity contribution in [2.45, 2.75) is 25.3 Å². The van der Waals surface area contributed by atoms with Gasteiger partial charge in [-0.05, 0) is 37.5 Å². The molecule has 0 spiro atoms. The lowest BCUT2D eigenvalue weighted by Gasteiger charge is -2.34. The third kappa shape index (κ3) is 4.02. The molecule has 0 bridgehead atoms. The second-order valence-electron chi connectivity index (χ2n) is 6.35. The van der Waals surface area contributed by atoms with Crippen LogP contribution < -0.4 is 10.2 Å². The van der Waals surface area contributed by atoms with E-state index in [2.05, 4.69) is 10.2 Å². The molecule has 2 heterocycles. The van der Waals surface area contributed by atoms with Crippen LogP contribution in [0.2, 0.25) is 0 Å². The molecule has 1 aromatic carbocycles. The number of benzene rings is 1. The molecule has 1 N–H and O–H groups in total. The summed E-state index contributed by atoms with van der Waals surface area (Å²) in [5.74, 6) is -0.707. The van der Waals surface area contributed by atoms with E-state index in [1.54, 1.807) is 6.07 Å². The number of amides is 1. The lowest BCUT2D eigenvalue weighted by Crippen LogP contribution is -2.46. The molecule has 126 valence electrons. The van der Waals surface area contributed by atoms with Crippen molar-refractivity contribution in [3.05, 3.63) is 30.1 Å². The number of nitrogens with one attached hydrogen (secondary N) is 1. The molecule has 2 aliphatic rings. The van der Waals surface area contributed by atoms with Crippen molar-refractivity contribution in [2.75, 3.05) is 29.5 Å². The molecule has 5 nitrogen and oxygen atoms in total. The fraction of sp³-hybridized carbons (Fsp3) is 0.562. The fourth-order valence-electron chi connectivity index (χ4n) is 3.28. The zero-order valence-electron chi connectivity index (χ0n) is 12.9. The number of hydrogen-bond acceptors (Lipinski definition) is 4. The number of anilines is 1. The molecule has 1 amide bonds. The van der Waals surface area contributed by atoms with Crippen LogP contribution >= 0.6 is 0 Å². The lowest BCUT2D eigenvalue weighted by molar-refractivity contribution is -0.125. The topological polar surface area (TPSA) is 66.5 Å². The zero-order valence-corrected chi connectivity index (χ0v) is 13.7. The Morgan fingerprint density at radius 3 is 2.57 bits per heavy atom. The van der Waals surface area contributed by atoms with Gasteiger partial charge in [0.25, 0.3) is 0 Å². The van der Waals surface area contributed by atoms with Gasteiger partial charge in [-0.25, -0.2) is 12.8 Å². The normalized spacial score (nSPS) is 24.6. The Labute approximate surface area is 135 Å². The van der Waals surface area contributed by atoms with Crippen molar-refractivity contribution in [3.63, 3.8) is 0 Å². The van der Waals surface area contributed by atoms with Crippen LogP contribution in [0.25, 0.3) is 0 Å². The Kier molecular flexibility index (Phi) is 4.57. The van der Waals surface area contributed by atoms with Gasteiger partial charge in [-0.15, -0.1) is 0 Å². The van der Waals surface area contributed by atoms with E-state index < -0.39 is 15.8 Å². The van der Waals surface area contributed by atoms with E-state index in [9.17, 15) is 17.6 Å². The smallest absolute Gasteiger partial charge is 0.224 e. The molecule has 0 saturated carbocycles. The van der Waals surface area contributed by atoms with Crippen LogP contribution in [0.4, 0.5) is 10.1 Å². The van der Waals surface area contributed by atoms with E-state index >= 15 is 0 Å². The summed E-state index contributed by atoms with van der Waals surface area (Å²) in [7, 11) is -3.03. The van der Waals surface area contributed by atoms with Gasteiger partial charge in [0, 0.05) is 24.8 Å². The van der Waals surface area contributed by atoms with Gasteiger partial charge >= 0.3 is 0 Å². The van der Waals surface area contributed by atoms with E-state index in [1.807, 2.05) is 6.07 Å². The Hall–Kier alpha value is -1.63. The maximum Gasteiger partial charge on any atom is 0.224 e. The number of nitrogens with zero attached hydrogens (tertiary/aromatic N) is 1. The van der Waals surface area contributed by atoms with Crippen molar-refractivity contribution in [2.24, 2.45) is 5.92 Å². The number of carbonyl (C=O) groups excluding carboxylic acids is 1. The van der Waals surface area contributed by atoms with E-state index in [0.29, 0.717) is 6.42 Å². The summed E-state index contributed by atoms with van der Waals surface area (Å²) in [6, 6.07) is 6.58. The number of sulfone groups is 1. The van der Waals surface area contributed by atoms with Crippen molar-refractivity contribution >= 4 is 21.4 Å². The number of halogens is 1. The Bertz CT molecular complexity index is 684. The number of piperidine rings is 1. The van der Waals surface area contributed by atoms with Gasteiger partial charge in [-0.3, -0.25) is 4.79 Å². The Morgan fingerprint density at radius 1 is 1.22 bits per heavy atom. The van der Waals surface area contributed by atoms with Gasteiger partial charge in [-0.1, -0.05) is 6.07 Å². The molecule has 1 aromatic rings. The monoisotopic (exact) mass is 340 g/mol. The summed E-state index contributed by atoms with van der Waals surface area (Å²) < 4.78 is 36.2. The molecule has 23 heavy (non-hydrogen) atoms. The zero-order chi connectivity index (χ0) is 16.4. The fourth-order valence-corrected chi connectivity index (χ4v) is 5.02. The molecule has 0 aliphatic carbocycles. The maximum atomic E-state index is 13.3. The Morgan fingerprint density at radius 2 is 1.96 bits per heavy atom. The average molecular weight is 340 g/mol. The second kappa shape index (κ2) is 6.47. The highest BCUT2D eigenvalue weighted by Crippen LogP contribution is 2.22. The molecule has 0 radical (unpaired) electrons. The maximum absolute atomic E-state index is 13.3. The summed E-state index contributed by atoms with van der Waals surface area (Å²) in [4.78, 5) is 14.3. The lowest BCUT2D eigenvalue weighted by atomic mass is 10.0. The average Bonchev–Trinajstić information content (AvgIpc) is 2.88. The van der Waals surface area contributed by atoms with Crippen LogP contribution in [-0.2, 0) is 14.6 Å². The predicted octanol–water partition coefficient (Wildman–Crippen LogP) is 1.35. The largest absolute Gasteiger partial charge is 0.371 e. The first-order valence-corrected chi connectivity index (χ1v) is 9.76. The summed E-state index contributed by atoms with van der Waals surface area (Å²) in [5.41, 5.74) is 0.858. The van der Waals surface area contributed by atoms with Gasteiger partial charge in [0.15, 0.2) is 9.84 Å². The molecule has 2 saturated heterocycles. The van der Waals surface area contributed by atoms with Gasteiger partial charge in [0.2, 0.25) is 5.91 Å². The van der Waals surface area contributed by atoms with Crippen LogP contribution in [0.15, 0.2) is 24.3 Å². The number of rotatable bonds is 3. The molecule has 7 heteroatoms. The SMILES string of the molecule is O=C(NC1CCN(c2cccc(F)c2)CC1)C1CCS(=O)(=O)C1. The van der Waals surface area contributed by atoms with Gasteiger partial charge < -0.3 is 10.2 Å². The van der Waals surface area contributed by atoms with Gasteiger partial charge in [-0.2, -0.15) is 0 Å². The summed E-state index contributed by atoms with van der Waals surface area (Å²) in [6.07, 6.45) is 1.99. The minimum Gasteiger partial charge on any atom is -0.371 e. The first-order valence-electron chi connectivity index (χ1n) is 7.94. The molecule has 1 unspecified atom stereocenters. The van der Waals surface area contributed by atoms with Crippen LogP contribution in [0.3, 0.4) is 0 Å². The number of hydrogen-bond donors (Lipinski definition) is 1. The first kappa shape index (κ1) is 16.2. The van der Waals surface area contributed by atoms with Crippen LogP contribution in [0.1, 0.15) is 19.3 Å². The van der Waals surface area contributed by atoms with Crippen molar-refractivity contribution < 1.29 is 17.6 Å². The van der Waals surface area contributed by atoms with Gasteiger partial charge in [0.05, 0.1) is 17.4 Å². The van der Waals surface area contributed by atoms with E-state index in [1.165, 1.54) is 12.1 Å². The molecule has 2 aliphatic heterocycles. The van der Waals surface area contributed by atoms with Gasteiger partial charge in [0.1, 0.15) is 5.82 Å². The van der Waals surface area contributed by atoms with Crippen molar-refractivity contribution in [3.8, 4) is 0 Å². The third-order valence-electron chi connectivity index (χ3n) is 4.62. The van der Waals surface area contributed by atoms with E-state index in [0.717, 1.165) is 31.6 Å². The van der Waals surface area contributed by atoms with E-state index in [4.69, 9.17) is 0 Å². The third-order valence-corrected chi connectivity index (χ3v) is 6.39. The molecule has 3 rings (SSSR count). The standard InChI is InChI=1S/C16H21FN2O3S/c17-13-2-1-3-15(10-13)19-7-4-14(5-8-19)18-16(20)12-6-9-23(21,22)11-12/h1-3,10,12,14H,4-9,11H2,(H,18,20). The minimum atomic E-state index is -3.03. The highest BCUT2D eigenvalue weighted by molar-refractivity contribution is 7.91. The van der Waals surface area contributed by atoms with E-state index in [-0.39, 0.29) is 29.3 Å². The molecule has 1 atom stereocenters. The molecule has 2 fully saturated rings. The highest BCUT2D eigenvalue weighted by atomic mass is 32.2. The van der Waals surface area contributed by atoms with Crippen LogP contribution in [0.5, 0.6) is 0 Å². The number of carbonyl (C=O) groups is 1. The molecular formula is C16H21FN2O3S. The summed E-state index contributed by atoms with van der Waals surface area (Å²) >= 11 is 0. The summed E-state index contributed by atoms with van der Waals surface area (Å²) in [6.45, 7) is 1.49. The van der Waals surface area contributed by atoms with Crippen molar-refractivity contribution in [1.29, 1.82) is 0 Å². The predicted molar refractivity (Wildman–Crippen MR) is 86.5 cm³/mol. The summed E-state index contributed by atoms with van der Waals surface area (Å²) in [5, 5.41) is 2.98. The quantitative estimate of drug-likeness (QED) is 0.902. The molecule has 0 aromatic heterocycles.